The quantitative estimate of drug-likeness (QED) is 0.840. The number of rotatable bonds is 3. The van der Waals surface area contributed by atoms with E-state index in [0.29, 0.717) is 22.4 Å². The lowest BCUT2D eigenvalue weighted by Crippen LogP contribution is -2.02. The molecule has 0 saturated heterocycles. The highest BCUT2D eigenvalue weighted by Gasteiger charge is 2.02. The van der Waals surface area contributed by atoms with Crippen molar-refractivity contribution < 1.29 is 0 Å². The van der Waals surface area contributed by atoms with Crippen molar-refractivity contribution in [3.8, 4) is 12.1 Å². The van der Waals surface area contributed by atoms with Crippen LogP contribution in [0.5, 0.6) is 0 Å². The van der Waals surface area contributed by atoms with Crippen molar-refractivity contribution in [3.63, 3.8) is 0 Å². The first-order chi connectivity index (χ1) is 10.1. The minimum absolute atomic E-state index is 0.265. The molecule has 4 nitrogen and oxygen atoms in total. The zero-order valence-corrected chi connectivity index (χ0v) is 11.2. The summed E-state index contributed by atoms with van der Waals surface area (Å²) in [5.74, 6) is 0. The van der Waals surface area contributed by atoms with Gasteiger partial charge in [0, 0.05) is 5.70 Å². The maximum atomic E-state index is 8.75. The van der Waals surface area contributed by atoms with Gasteiger partial charge in [0.15, 0.2) is 0 Å². The summed E-state index contributed by atoms with van der Waals surface area (Å²) in [6, 6.07) is 17.7. The minimum Gasteiger partial charge on any atom is -0.398 e. The second kappa shape index (κ2) is 6.18. The molecule has 100 valence electrons. The van der Waals surface area contributed by atoms with E-state index in [1.807, 2.05) is 12.1 Å². The molecule has 0 atom stereocenters. The molecule has 2 aromatic carbocycles. The molecule has 0 saturated carbocycles. The highest BCUT2D eigenvalue weighted by Crippen LogP contribution is 2.12. The maximum Gasteiger partial charge on any atom is 0.0991 e. The fraction of sp³-hybridized carbons (Fsp3) is 0. The Hall–Kier alpha value is -3.37. The number of nitriles is 2. The van der Waals surface area contributed by atoms with E-state index in [4.69, 9.17) is 21.7 Å². The second-order valence-corrected chi connectivity index (χ2v) is 4.39. The molecule has 21 heavy (non-hydrogen) atoms. The summed E-state index contributed by atoms with van der Waals surface area (Å²) in [7, 11) is 0. The van der Waals surface area contributed by atoms with E-state index in [1.54, 1.807) is 54.6 Å². The number of nitrogens with zero attached hydrogens (tertiary/aromatic N) is 2. The number of benzene rings is 2. The Balaban J connectivity index is 2.22. The van der Waals surface area contributed by atoms with Crippen LogP contribution in [0.4, 0.5) is 0 Å². The van der Waals surface area contributed by atoms with Gasteiger partial charge in [0.1, 0.15) is 0 Å². The van der Waals surface area contributed by atoms with Crippen molar-refractivity contribution in [3.05, 3.63) is 76.9 Å². The topological polar surface area (TPSA) is 97.4 Å². The van der Waals surface area contributed by atoms with Crippen LogP contribution >= 0.6 is 0 Å². The van der Waals surface area contributed by atoms with Gasteiger partial charge in [-0.3, -0.25) is 0 Å². The molecular formula is C17H12N4. The van der Waals surface area contributed by atoms with Gasteiger partial charge in [-0.1, -0.05) is 24.3 Å². The normalized spacial score (nSPS) is 10.5. The molecule has 0 amide bonds. The molecule has 0 fully saturated rings. The summed E-state index contributed by atoms with van der Waals surface area (Å²) >= 11 is 0. The molecule has 2 rings (SSSR count). The number of hydrogen-bond donors (Lipinski definition) is 2. The van der Waals surface area contributed by atoms with Gasteiger partial charge in [0.25, 0.3) is 0 Å². The van der Waals surface area contributed by atoms with Gasteiger partial charge in [-0.25, -0.2) is 0 Å². The molecule has 0 aromatic heterocycles. The molecule has 4 heteroatoms. The fourth-order valence-electron chi connectivity index (χ4n) is 1.78. The predicted octanol–water partition coefficient (Wildman–Crippen LogP) is 2.80. The van der Waals surface area contributed by atoms with Crippen LogP contribution in [0.25, 0.3) is 5.70 Å². The van der Waals surface area contributed by atoms with E-state index in [0.717, 1.165) is 5.56 Å². The van der Waals surface area contributed by atoms with Gasteiger partial charge in [-0.2, -0.15) is 10.5 Å². The van der Waals surface area contributed by atoms with E-state index in [2.05, 4.69) is 0 Å². The first-order valence-corrected chi connectivity index (χ1v) is 6.21. The van der Waals surface area contributed by atoms with Gasteiger partial charge in [-0.05, 0) is 41.5 Å². The van der Waals surface area contributed by atoms with Gasteiger partial charge in [0.2, 0.25) is 0 Å². The molecule has 3 N–H and O–H groups in total. The summed E-state index contributed by atoms with van der Waals surface area (Å²) in [6.07, 6.45) is 1.56. The molecule has 0 heterocycles. The third-order valence-corrected chi connectivity index (χ3v) is 2.97. The van der Waals surface area contributed by atoms with Crippen LogP contribution in [0.2, 0.25) is 0 Å². The third kappa shape index (κ3) is 3.34. The smallest absolute Gasteiger partial charge is 0.0991 e. The summed E-state index contributed by atoms with van der Waals surface area (Å²) in [6.45, 7) is 0. The summed E-state index contributed by atoms with van der Waals surface area (Å²) in [4.78, 5) is 0. The van der Waals surface area contributed by atoms with E-state index >= 15 is 0 Å². The van der Waals surface area contributed by atoms with Crippen molar-refractivity contribution in [2.45, 2.75) is 0 Å². The largest absolute Gasteiger partial charge is 0.398 e. The van der Waals surface area contributed by atoms with Crippen LogP contribution in [0.1, 0.15) is 22.3 Å². The van der Waals surface area contributed by atoms with Crippen molar-refractivity contribution >= 4 is 11.4 Å². The molecule has 0 radical (unpaired) electrons. The van der Waals surface area contributed by atoms with Gasteiger partial charge in [0.05, 0.1) is 29.0 Å². The lowest BCUT2D eigenvalue weighted by molar-refractivity contribution is 1.44. The highest BCUT2D eigenvalue weighted by molar-refractivity contribution is 6.10. The predicted molar refractivity (Wildman–Crippen MR) is 81.3 cm³/mol. The molecular weight excluding hydrogens is 260 g/mol. The molecule has 0 bridgehead atoms. The number of nitrogens with two attached hydrogens (primary N) is 1. The Morgan fingerprint density at radius 2 is 1.29 bits per heavy atom. The first-order valence-electron chi connectivity index (χ1n) is 6.21. The monoisotopic (exact) mass is 272 g/mol. The van der Waals surface area contributed by atoms with Crippen LogP contribution in [-0.2, 0) is 0 Å². The standard InChI is InChI=1S/C17H12N4/c18-10-12-1-5-14(6-2-12)16(20)9-17(21)15-7-3-13(11-19)4-8-15/h1-9,20H,21H2/b17-9-,20-16?. The van der Waals surface area contributed by atoms with E-state index in [1.165, 1.54) is 0 Å². The summed E-state index contributed by atoms with van der Waals surface area (Å²) in [5, 5.41) is 25.5. The van der Waals surface area contributed by atoms with Gasteiger partial charge in [-0.15, -0.1) is 0 Å². The van der Waals surface area contributed by atoms with Crippen LogP contribution in [0.3, 0.4) is 0 Å². The highest BCUT2D eigenvalue weighted by atomic mass is 14.6. The molecule has 0 unspecified atom stereocenters. The van der Waals surface area contributed by atoms with Crippen LogP contribution < -0.4 is 5.73 Å². The number of allylic oxidation sites excluding steroid dienone is 1. The summed E-state index contributed by atoms with van der Waals surface area (Å²) < 4.78 is 0. The molecule has 0 spiro atoms. The zero-order chi connectivity index (χ0) is 15.2. The van der Waals surface area contributed by atoms with E-state index in [9.17, 15) is 0 Å². The van der Waals surface area contributed by atoms with Crippen molar-refractivity contribution in [2.75, 3.05) is 0 Å². The summed E-state index contributed by atoms with van der Waals surface area (Å²) in [5.41, 5.74) is 9.24. The van der Waals surface area contributed by atoms with Gasteiger partial charge < -0.3 is 11.1 Å². The number of hydrogen-bond acceptors (Lipinski definition) is 4. The SMILES string of the molecule is N#Cc1ccc(C(=N)/C=C(\N)c2ccc(C#N)cc2)cc1. The average molecular weight is 272 g/mol. The van der Waals surface area contributed by atoms with Crippen molar-refractivity contribution in [1.82, 2.24) is 0 Å². The molecule has 2 aromatic rings. The van der Waals surface area contributed by atoms with Crippen LogP contribution in [0.15, 0.2) is 54.6 Å². The maximum absolute atomic E-state index is 8.75. The van der Waals surface area contributed by atoms with Gasteiger partial charge >= 0.3 is 0 Å². The van der Waals surface area contributed by atoms with Crippen LogP contribution in [-0.4, -0.2) is 5.71 Å². The van der Waals surface area contributed by atoms with Crippen molar-refractivity contribution in [2.24, 2.45) is 5.73 Å². The fourth-order valence-corrected chi connectivity index (χ4v) is 1.78. The molecule has 0 aliphatic carbocycles. The Labute approximate surface area is 122 Å². The molecule has 0 aliphatic rings. The zero-order valence-electron chi connectivity index (χ0n) is 11.2. The number of nitrogens with one attached hydrogen (secondary N) is 1. The first kappa shape index (κ1) is 14.0. The Kier molecular flexibility index (Phi) is 4.14. The lowest BCUT2D eigenvalue weighted by atomic mass is 10.0. The average Bonchev–Trinajstić information content (AvgIpc) is 2.55. The Morgan fingerprint density at radius 1 is 0.857 bits per heavy atom. The molecule has 0 aliphatic heterocycles. The second-order valence-electron chi connectivity index (χ2n) is 4.39. The minimum atomic E-state index is 0.265. The van der Waals surface area contributed by atoms with E-state index in [-0.39, 0.29) is 5.71 Å². The Morgan fingerprint density at radius 3 is 1.71 bits per heavy atom. The Bertz CT molecular complexity index is 770. The lowest BCUT2D eigenvalue weighted by Gasteiger charge is -2.04. The van der Waals surface area contributed by atoms with E-state index < -0.39 is 0 Å². The van der Waals surface area contributed by atoms with Crippen LogP contribution in [0, 0.1) is 28.1 Å². The van der Waals surface area contributed by atoms with Crippen molar-refractivity contribution in [1.29, 1.82) is 15.9 Å². The third-order valence-electron chi connectivity index (χ3n) is 2.97.